The number of hydrogen-bond acceptors (Lipinski definition) is 4. The van der Waals surface area contributed by atoms with Gasteiger partial charge in [-0.05, 0) is 6.92 Å². The molecule has 2 atom stereocenters. The molecule has 0 aliphatic rings. The second-order valence-corrected chi connectivity index (χ2v) is 2.16. The van der Waals surface area contributed by atoms with Crippen LogP contribution in [0, 0.1) is 0 Å². The maximum Gasteiger partial charge on any atom is 0.126 e. The van der Waals surface area contributed by atoms with E-state index in [1.807, 2.05) is 0 Å². The van der Waals surface area contributed by atoms with Crippen LogP contribution in [0.4, 0.5) is 0 Å². The summed E-state index contributed by atoms with van der Waals surface area (Å²) in [6.45, 7) is 1.60. The lowest BCUT2D eigenvalue weighted by Gasteiger charge is -1.94. The number of halogens is 1. The zero-order valence-electron chi connectivity index (χ0n) is 7.15. The van der Waals surface area contributed by atoms with E-state index in [0.717, 1.165) is 0 Å². The lowest BCUT2D eigenvalue weighted by Crippen LogP contribution is -3.00. The van der Waals surface area contributed by atoms with Crippen molar-refractivity contribution in [1.29, 1.82) is 0 Å². The molecule has 0 saturated heterocycles. The molecule has 0 heterocycles. The van der Waals surface area contributed by atoms with E-state index < -0.39 is 12.2 Å². The quantitative estimate of drug-likeness (QED) is 0.315. The van der Waals surface area contributed by atoms with Crippen molar-refractivity contribution in [3.8, 4) is 0 Å². The summed E-state index contributed by atoms with van der Waals surface area (Å²) in [5.74, 6) is 0. The van der Waals surface area contributed by atoms with Crippen LogP contribution in [0.25, 0.3) is 0 Å². The molecule has 7 N–H and O–H groups in total. The normalized spacial score (nSPS) is 13.5. The molecule has 12 heavy (non-hydrogen) atoms. The Morgan fingerprint density at radius 3 is 1.50 bits per heavy atom. The predicted octanol–water partition coefficient (Wildman–Crippen LogP) is -6.05. The monoisotopic (exact) mass is 203 g/mol. The molecule has 2 unspecified atom stereocenters. The Kier molecular flexibility index (Phi) is 20.5. The fraction of sp³-hybridized carbons (Fsp3) is 1.00. The lowest BCUT2D eigenvalue weighted by molar-refractivity contribution is -0.385. The Morgan fingerprint density at radius 2 is 1.50 bits per heavy atom. The second-order valence-electron chi connectivity index (χ2n) is 2.16. The summed E-state index contributed by atoms with van der Waals surface area (Å²) in [7, 11) is 0. The maximum atomic E-state index is 8.35. The summed E-state index contributed by atoms with van der Waals surface area (Å²) in [5.41, 5.74) is 3.35. The van der Waals surface area contributed by atoms with Gasteiger partial charge in [0, 0.05) is 0 Å². The minimum absolute atomic E-state index is 0. The third-order valence-electron chi connectivity index (χ3n) is 0.808. The average molecular weight is 204 g/mol. The molecular formula is C6H18ClNO4. The summed E-state index contributed by atoms with van der Waals surface area (Å²) >= 11 is 0. The molecule has 0 aromatic carbocycles. The van der Waals surface area contributed by atoms with E-state index in [4.69, 9.17) is 20.4 Å². The van der Waals surface area contributed by atoms with Crippen molar-refractivity contribution in [2.45, 2.75) is 19.1 Å². The molecule has 0 spiro atoms. The summed E-state index contributed by atoms with van der Waals surface area (Å²) in [6.07, 6.45) is -1.18. The highest BCUT2D eigenvalue weighted by molar-refractivity contribution is 4.42. The van der Waals surface area contributed by atoms with E-state index in [1.54, 1.807) is 0 Å². The van der Waals surface area contributed by atoms with Gasteiger partial charge in [0.15, 0.2) is 0 Å². The topological polar surface area (TPSA) is 109 Å². The Morgan fingerprint density at radius 1 is 1.17 bits per heavy atom. The van der Waals surface area contributed by atoms with Crippen molar-refractivity contribution in [3.63, 3.8) is 0 Å². The van der Waals surface area contributed by atoms with E-state index in [-0.39, 0.29) is 25.6 Å². The number of rotatable bonds is 3. The first-order valence-corrected chi connectivity index (χ1v) is 3.45. The molecule has 0 saturated carbocycles. The largest absolute Gasteiger partial charge is 1.00 e. The Bertz CT molecular complexity index is 70.6. The third kappa shape index (κ3) is 22.5. The van der Waals surface area contributed by atoms with Crippen molar-refractivity contribution in [2.75, 3.05) is 19.8 Å². The molecular weight excluding hydrogens is 186 g/mol. The molecule has 0 bridgehead atoms. The molecule has 0 aliphatic carbocycles. The van der Waals surface area contributed by atoms with Crippen LogP contribution in [0.3, 0.4) is 0 Å². The van der Waals surface area contributed by atoms with Gasteiger partial charge in [-0.3, -0.25) is 0 Å². The Balaban J connectivity index is -0.000000126. The van der Waals surface area contributed by atoms with Gasteiger partial charge in [-0.2, -0.15) is 0 Å². The molecule has 78 valence electrons. The minimum Gasteiger partial charge on any atom is -1.00 e. The molecule has 0 amide bonds. The fourth-order valence-corrected chi connectivity index (χ4v) is 0.0913. The van der Waals surface area contributed by atoms with E-state index in [1.165, 1.54) is 6.92 Å². The molecule has 0 rings (SSSR count). The predicted molar refractivity (Wildman–Crippen MR) is 39.6 cm³/mol. The molecule has 0 aromatic heterocycles. The summed E-state index contributed by atoms with van der Waals surface area (Å²) in [4.78, 5) is 0. The Labute approximate surface area is 78.2 Å². The highest BCUT2D eigenvalue weighted by atomic mass is 35.5. The van der Waals surface area contributed by atoms with Gasteiger partial charge < -0.3 is 38.6 Å². The van der Waals surface area contributed by atoms with Crippen LogP contribution in [-0.4, -0.2) is 52.4 Å². The van der Waals surface area contributed by atoms with E-state index >= 15 is 0 Å². The van der Waals surface area contributed by atoms with Crippen molar-refractivity contribution in [1.82, 2.24) is 0 Å². The molecule has 6 heteroatoms. The SMILES string of the molecule is CC(O)CO.[Cl-].[NH3+]CC(O)CO. The first-order valence-electron chi connectivity index (χ1n) is 3.45. The van der Waals surface area contributed by atoms with Crippen LogP contribution in [-0.2, 0) is 0 Å². The van der Waals surface area contributed by atoms with Crippen molar-refractivity contribution in [2.24, 2.45) is 0 Å². The number of hydrogen-bond donors (Lipinski definition) is 5. The van der Waals surface area contributed by atoms with E-state index in [0.29, 0.717) is 6.54 Å². The van der Waals surface area contributed by atoms with Gasteiger partial charge in [0.1, 0.15) is 12.6 Å². The van der Waals surface area contributed by atoms with Crippen LogP contribution < -0.4 is 18.1 Å². The molecule has 0 aliphatic heterocycles. The van der Waals surface area contributed by atoms with Gasteiger partial charge in [0.2, 0.25) is 0 Å². The van der Waals surface area contributed by atoms with Crippen molar-refractivity contribution >= 4 is 0 Å². The fourth-order valence-electron chi connectivity index (χ4n) is 0.0913. The van der Waals surface area contributed by atoms with Gasteiger partial charge >= 0.3 is 0 Å². The summed E-state index contributed by atoms with van der Waals surface area (Å²) in [6, 6.07) is 0. The highest BCUT2D eigenvalue weighted by Crippen LogP contribution is 1.68. The maximum absolute atomic E-state index is 8.35. The van der Waals surface area contributed by atoms with Crippen LogP contribution in [0.5, 0.6) is 0 Å². The van der Waals surface area contributed by atoms with Crippen LogP contribution in [0.2, 0.25) is 0 Å². The molecule has 0 aromatic rings. The minimum atomic E-state index is -0.620. The summed E-state index contributed by atoms with van der Waals surface area (Å²) < 4.78 is 0. The average Bonchev–Trinajstić information content (AvgIpc) is 2.04. The van der Waals surface area contributed by atoms with Gasteiger partial charge in [0.05, 0.1) is 19.3 Å². The third-order valence-corrected chi connectivity index (χ3v) is 0.808. The molecule has 5 nitrogen and oxygen atoms in total. The number of aliphatic hydroxyl groups excluding tert-OH is 4. The van der Waals surface area contributed by atoms with E-state index in [2.05, 4.69) is 5.73 Å². The van der Waals surface area contributed by atoms with Crippen LogP contribution in [0.15, 0.2) is 0 Å². The van der Waals surface area contributed by atoms with Gasteiger partial charge in [-0.1, -0.05) is 0 Å². The zero-order chi connectivity index (χ0) is 9.28. The summed E-state index contributed by atoms with van der Waals surface area (Å²) in [5, 5.41) is 32.4. The van der Waals surface area contributed by atoms with Crippen LogP contribution >= 0.6 is 0 Å². The Hall–Kier alpha value is 0.0900. The smallest absolute Gasteiger partial charge is 0.126 e. The highest BCUT2D eigenvalue weighted by Gasteiger charge is 1.95. The lowest BCUT2D eigenvalue weighted by atomic mass is 10.4. The first-order chi connectivity index (χ1) is 5.08. The molecule has 0 fully saturated rings. The first kappa shape index (κ1) is 18.0. The molecule has 0 radical (unpaired) electrons. The van der Waals surface area contributed by atoms with Gasteiger partial charge in [-0.15, -0.1) is 0 Å². The number of quaternary nitrogens is 1. The second kappa shape index (κ2) is 13.7. The zero-order valence-corrected chi connectivity index (χ0v) is 7.91. The van der Waals surface area contributed by atoms with Crippen molar-refractivity contribution < 1.29 is 38.6 Å². The van der Waals surface area contributed by atoms with Gasteiger partial charge in [0.25, 0.3) is 0 Å². The van der Waals surface area contributed by atoms with E-state index in [9.17, 15) is 0 Å². The van der Waals surface area contributed by atoms with Crippen LogP contribution in [0.1, 0.15) is 6.92 Å². The van der Waals surface area contributed by atoms with Crippen molar-refractivity contribution in [3.05, 3.63) is 0 Å². The number of aliphatic hydroxyl groups is 4. The standard InChI is InChI=1S/C3H9NO2.C3H8O2.ClH/c4-1-3(6)2-5;1-3(5)2-4;/h3,5-6H,1-2,4H2;3-5H,2H2,1H3;1H. The van der Waals surface area contributed by atoms with Gasteiger partial charge in [-0.25, -0.2) is 0 Å².